The summed E-state index contributed by atoms with van der Waals surface area (Å²) in [6, 6.07) is 0.618. The standard InChI is InChI=1S/C10H22N2/c1-4-9(10(11)7-8-10)12(5-2)6-3/h9H,4-8,11H2,1-3H3. The van der Waals surface area contributed by atoms with E-state index in [1.54, 1.807) is 0 Å². The van der Waals surface area contributed by atoms with Crippen LogP contribution >= 0.6 is 0 Å². The van der Waals surface area contributed by atoms with Crippen molar-refractivity contribution in [1.29, 1.82) is 0 Å². The number of nitrogens with two attached hydrogens (primary N) is 1. The zero-order valence-corrected chi connectivity index (χ0v) is 8.64. The van der Waals surface area contributed by atoms with Crippen LogP contribution in [0.5, 0.6) is 0 Å². The Bertz CT molecular complexity index is 137. The van der Waals surface area contributed by atoms with Crippen LogP contribution in [0.15, 0.2) is 0 Å². The summed E-state index contributed by atoms with van der Waals surface area (Å²) in [7, 11) is 0. The fraction of sp³-hybridized carbons (Fsp3) is 1.00. The molecule has 1 saturated carbocycles. The first-order chi connectivity index (χ1) is 5.68. The van der Waals surface area contributed by atoms with E-state index in [9.17, 15) is 0 Å². The molecule has 1 unspecified atom stereocenters. The molecule has 2 heteroatoms. The summed E-state index contributed by atoms with van der Waals surface area (Å²) >= 11 is 0. The number of hydrogen-bond acceptors (Lipinski definition) is 2. The van der Waals surface area contributed by atoms with Crippen LogP contribution in [-0.4, -0.2) is 29.6 Å². The van der Waals surface area contributed by atoms with E-state index in [0.29, 0.717) is 6.04 Å². The molecule has 0 heterocycles. The van der Waals surface area contributed by atoms with Gasteiger partial charge in [0, 0.05) is 11.6 Å². The third-order valence-corrected chi connectivity index (χ3v) is 3.13. The molecular formula is C10H22N2. The van der Waals surface area contributed by atoms with Gasteiger partial charge in [-0.1, -0.05) is 20.8 Å². The lowest BCUT2D eigenvalue weighted by Crippen LogP contribution is -2.49. The number of nitrogens with zero attached hydrogens (tertiary/aromatic N) is 1. The van der Waals surface area contributed by atoms with Crippen molar-refractivity contribution < 1.29 is 0 Å². The van der Waals surface area contributed by atoms with Gasteiger partial charge in [-0.05, 0) is 32.4 Å². The first kappa shape index (κ1) is 10.0. The van der Waals surface area contributed by atoms with Gasteiger partial charge in [0.2, 0.25) is 0 Å². The zero-order chi connectivity index (χ0) is 9.19. The predicted octanol–water partition coefficient (Wildman–Crippen LogP) is 1.60. The monoisotopic (exact) mass is 170 g/mol. The third kappa shape index (κ3) is 1.80. The average Bonchev–Trinajstić information content (AvgIpc) is 2.80. The van der Waals surface area contributed by atoms with E-state index < -0.39 is 0 Å². The van der Waals surface area contributed by atoms with Crippen molar-refractivity contribution in [3.8, 4) is 0 Å². The number of rotatable bonds is 5. The average molecular weight is 170 g/mol. The lowest BCUT2D eigenvalue weighted by molar-refractivity contribution is 0.174. The fourth-order valence-corrected chi connectivity index (χ4v) is 2.17. The summed E-state index contributed by atoms with van der Waals surface area (Å²) in [5.74, 6) is 0. The molecule has 1 fully saturated rings. The van der Waals surface area contributed by atoms with Crippen LogP contribution in [0.1, 0.15) is 40.0 Å². The Morgan fingerprint density at radius 1 is 1.25 bits per heavy atom. The minimum absolute atomic E-state index is 0.167. The van der Waals surface area contributed by atoms with Crippen LogP contribution in [0.25, 0.3) is 0 Å². The van der Waals surface area contributed by atoms with Gasteiger partial charge < -0.3 is 5.73 Å². The molecule has 2 N–H and O–H groups in total. The lowest BCUT2D eigenvalue weighted by Gasteiger charge is -2.33. The van der Waals surface area contributed by atoms with Crippen LogP contribution < -0.4 is 5.73 Å². The zero-order valence-electron chi connectivity index (χ0n) is 8.64. The van der Waals surface area contributed by atoms with Crippen molar-refractivity contribution >= 4 is 0 Å². The Hall–Kier alpha value is -0.0800. The Morgan fingerprint density at radius 3 is 2.00 bits per heavy atom. The van der Waals surface area contributed by atoms with Gasteiger partial charge in [0.15, 0.2) is 0 Å². The first-order valence-corrected chi connectivity index (χ1v) is 5.20. The van der Waals surface area contributed by atoms with Crippen LogP contribution in [0.2, 0.25) is 0 Å². The molecule has 1 aliphatic rings. The van der Waals surface area contributed by atoms with Gasteiger partial charge in [-0.2, -0.15) is 0 Å². The van der Waals surface area contributed by atoms with E-state index in [-0.39, 0.29) is 5.54 Å². The van der Waals surface area contributed by atoms with Crippen LogP contribution in [-0.2, 0) is 0 Å². The van der Waals surface area contributed by atoms with Gasteiger partial charge in [0.1, 0.15) is 0 Å². The maximum atomic E-state index is 6.21. The summed E-state index contributed by atoms with van der Waals surface area (Å²) in [6.07, 6.45) is 3.64. The molecule has 0 aliphatic heterocycles. The molecule has 0 bridgehead atoms. The van der Waals surface area contributed by atoms with Crippen LogP contribution in [0, 0.1) is 0 Å². The molecule has 2 nitrogen and oxygen atoms in total. The maximum Gasteiger partial charge on any atom is 0.0313 e. The molecule has 1 rings (SSSR count). The van der Waals surface area contributed by atoms with Crippen molar-refractivity contribution in [3.63, 3.8) is 0 Å². The molecule has 0 saturated heterocycles. The Morgan fingerprint density at radius 2 is 1.75 bits per heavy atom. The van der Waals surface area contributed by atoms with Gasteiger partial charge in [-0.15, -0.1) is 0 Å². The molecule has 0 amide bonds. The number of likely N-dealkylation sites (N-methyl/N-ethyl adjacent to an activating group) is 1. The second-order valence-corrected chi connectivity index (χ2v) is 3.88. The minimum Gasteiger partial charge on any atom is -0.324 e. The molecule has 1 aliphatic carbocycles. The van der Waals surface area contributed by atoms with E-state index in [1.807, 2.05) is 0 Å². The highest BCUT2D eigenvalue weighted by molar-refractivity contribution is 5.07. The highest BCUT2D eigenvalue weighted by atomic mass is 15.2. The van der Waals surface area contributed by atoms with E-state index in [0.717, 1.165) is 13.1 Å². The first-order valence-electron chi connectivity index (χ1n) is 5.20. The highest BCUT2D eigenvalue weighted by Gasteiger charge is 2.46. The van der Waals surface area contributed by atoms with E-state index in [1.165, 1.54) is 19.3 Å². The van der Waals surface area contributed by atoms with Crippen LogP contribution in [0.3, 0.4) is 0 Å². The number of hydrogen-bond donors (Lipinski definition) is 1. The van der Waals surface area contributed by atoms with Crippen molar-refractivity contribution in [2.24, 2.45) is 5.73 Å². The maximum absolute atomic E-state index is 6.21. The quantitative estimate of drug-likeness (QED) is 0.679. The van der Waals surface area contributed by atoms with E-state index >= 15 is 0 Å². The molecule has 1 atom stereocenters. The smallest absolute Gasteiger partial charge is 0.0313 e. The van der Waals surface area contributed by atoms with E-state index in [4.69, 9.17) is 5.73 Å². The summed E-state index contributed by atoms with van der Waals surface area (Å²) < 4.78 is 0. The third-order valence-electron chi connectivity index (χ3n) is 3.13. The molecule has 0 aromatic carbocycles. The fourth-order valence-electron chi connectivity index (χ4n) is 2.17. The van der Waals surface area contributed by atoms with Crippen molar-refractivity contribution in [2.45, 2.75) is 51.6 Å². The molecule has 0 spiro atoms. The van der Waals surface area contributed by atoms with Gasteiger partial charge in [-0.3, -0.25) is 4.90 Å². The molecule has 12 heavy (non-hydrogen) atoms. The van der Waals surface area contributed by atoms with Gasteiger partial charge >= 0.3 is 0 Å². The SMILES string of the molecule is CCC(N(CC)CC)C1(N)CC1. The Kier molecular flexibility index (Phi) is 3.13. The van der Waals surface area contributed by atoms with Crippen molar-refractivity contribution in [1.82, 2.24) is 4.90 Å². The summed E-state index contributed by atoms with van der Waals surface area (Å²) in [5.41, 5.74) is 6.38. The largest absolute Gasteiger partial charge is 0.324 e. The molecule has 0 radical (unpaired) electrons. The lowest BCUT2D eigenvalue weighted by atomic mass is 10.0. The topological polar surface area (TPSA) is 29.3 Å². The van der Waals surface area contributed by atoms with E-state index in [2.05, 4.69) is 25.7 Å². The second-order valence-electron chi connectivity index (χ2n) is 3.88. The second kappa shape index (κ2) is 3.75. The highest BCUT2D eigenvalue weighted by Crippen LogP contribution is 2.39. The van der Waals surface area contributed by atoms with Gasteiger partial charge in [0.05, 0.1) is 0 Å². The molecule has 72 valence electrons. The van der Waals surface area contributed by atoms with Gasteiger partial charge in [0.25, 0.3) is 0 Å². The molecule has 0 aromatic rings. The van der Waals surface area contributed by atoms with Crippen molar-refractivity contribution in [3.05, 3.63) is 0 Å². The Labute approximate surface area is 76.1 Å². The van der Waals surface area contributed by atoms with Crippen molar-refractivity contribution in [2.75, 3.05) is 13.1 Å². The van der Waals surface area contributed by atoms with Crippen LogP contribution in [0.4, 0.5) is 0 Å². The molecule has 0 aromatic heterocycles. The summed E-state index contributed by atoms with van der Waals surface area (Å²) in [4.78, 5) is 2.49. The summed E-state index contributed by atoms with van der Waals surface area (Å²) in [6.45, 7) is 8.95. The minimum atomic E-state index is 0.167. The van der Waals surface area contributed by atoms with Gasteiger partial charge in [-0.25, -0.2) is 0 Å². The normalized spacial score (nSPS) is 22.8. The molecular weight excluding hydrogens is 148 g/mol. The predicted molar refractivity (Wildman–Crippen MR) is 53.2 cm³/mol. The summed E-state index contributed by atoms with van der Waals surface area (Å²) in [5, 5.41) is 0. The Balaban J connectivity index is 2.53.